The number of nitrogens with one attached hydrogen (secondary N) is 1. The van der Waals surface area contributed by atoms with Crippen molar-refractivity contribution < 1.29 is 9.90 Å². The molecule has 1 amide bonds. The second-order valence-corrected chi connectivity index (χ2v) is 5.77. The van der Waals surface area contributed by atoms with Crippen molar-refractivity contribution in [3.63, 3.8) is 0 Å². The van der Waals surface area contributed by atoms with Crippen molar-refractivity contribution >= 4 is 5.91 Å². The molecule has 2 N–H and O–H groups in total. The summed E-state index contributed by atoms with van der Waals surface area (Å²) in [5.41, 5.74) is 0. The standard InChI is InChI=1S/C14H26N2O2/c1-11-10-12(6-7-15-11)14(18)16(8-9-17)13-4-2-3-5-13/h11-13,15,17H,2-10H2,1H3. The normalized spacial score (nSPS) is 29.4. The quantitative estimate of drug-likeness (QED) is 0.791. The minimum atomic E-state index is 0.0861. The molecule has 1 aliphatic heterocycles. The van der Waals surface area contributed by atoms with Gasteiger partial charge >= 0.3 is 0 Å². The van der Waals surface area contributed by atoms with E-state index in [9.17, 15) is 9.90 Å². The minimum Gasteiger partial charge on any atom is -0.395 e. The summed E-state index contributed by atoms with van der Waals surface area (Å²) in [6.07, 6.45) is 6.56. The van der Waals surface area contributed by atoms with Gasteiger partial charge in [0.2, 0.25) is 5.91 Å². The van der Waals surface area contributed by atoms with E-state index in [1.54, 1.807) is 0 Å². The first-order valence-electron chi connectivity index (χ1n) is 7.37. The number of amides is 1. The summed E-state index contributed by atoms with van der Waals surface area (Å²) in [4.78, 5) is 14.6. The maximum Gasteiger partial charge on any atom is 0.226 e. The van der Waals surface area contributed by atoms with Crippen molar-refractivity contribution in [1.29, 1.82) is 0 Å². The van der Waals surface area contributed by atoms with Crippen LogP contribution in [0.15, 0.2) is 0 Å². The fraction of sp³-hybridized carbons (Fsp3) is 0.929. The summed E-state index contributed by atoms with van der Waals surface area (Å²) in [5.74, 6) is 0.442. The zero-order chi connectivity index (χ0) is 13.0. The smallest absolute Gasteiger partial charge is 0.226 e. The summed E-state index contributed by atoms with van der Waals surface area (Å²) < 4.78 is 0. The molecule has 0 aromatic heterocycles. The summed E-state index contributed by atoms with van der Waals surface area (Å²) in [6, 6.07) is 0.821. The fourth-order valence-electron chi connectivity index (χ4n) is 3.39. The fourth-order valence-corrected chi connectivity index (χ4v) is 3.39. The van der Waals surface area contributed by atoms with Gasteiger partial charge in [0.1, 0.15) is 0 Å². The highest BCUT2D eigenvalue weighted by Crippen LogP contribution is 2.27. The third kappa shape index (κ3) is 3.23. The van der Waals surface area contributed by atoms with E-state index in [0.717, 1.165) is 32.2 Å². The number of nitrogens with zero attached hydrogens (tertiary/aromatic N) is 1. The molecule has 0 aromatic carbocycles. The van der Waals surface area contributed by atoms with Crippen LogP contribution in [0.25, 0.3) is 0 Å². The first-order valence-corrected chi connectivity index (χ1v) is 7.37. The van der Waals surface area contributed by atoms with Gasteiger partial charge in [-0.25, -0.2) is 0 Å². The van der Waals surface area contributed by atoms with Gasteiger partial charge in [0.25, 0.3) is 0 Å². The first kappa shape index (κ1) is 13.8. The van der Waals surface area contributed by atoms with Gasteiger partial charge in [-0.05, 0) is 39.2 Å². The van der Waals surface area contributed by atoms with E-state index in [4.69, 9.17) is 0 Å². The van der Waals surface area contributed by atoms with E-state index in [-0.39, 0.29) is 18.4 Å². The Balaban J connectivity index is 1.97. The third-order valence-corrected chi connectivity index (χ3v) is 4.36. The van der Waals surface area contributed by atoms with Crippen LogP contribution >= 0.6 is 0 Å². The molecule has 0 radical (unpaired) electrons. The number of aliphatic hydroxyl groups is 1. The minimum absolute atomic E-state index is 0.0861. The largest absolute Gasteiger partial charge is 0.395 e. The Bertz CT molecular complexity index is 277. The lowest BCUT2D eigenvalue weighted by atomic mass is 9.91. The average Bonchev–Trinajstić information content (AvgIpc) is 2.89. The Morgan fingerprint density at radius 1 is 1.33 bits per heavy atom. The molecule has 1 saturated heterocycles. The van der Waals surface area contributed by atoms with Gasteiger partial charge in [0.05, 0.1) is 6.61 Å². The van der Waals surface area contributed by atoms with E-state index in [1.165, 1.54) is 12.8 Å². The van der Waals surface area contributed by atoms with Gasteiger partial charge in [0.15, 0.2) is 0 Å². The van der Waals surface area contributed by atoms with Crippen molar-refractivity contribution in [2.45, 2.75) is 57.5 Å². The topological polar surface area (TPSA) is 52.6 Å². The third-order valence-electron chi connectivity index (χ3n) is 4.36. The maximum absolute atomic E-state index is 12.6. The Labute approximate surface area is 110 Å². The molecule has 4 nitrogen and oxygen atoms in total. The number of hydrogen-bond donors (Lipinski definition) is 2. The van der Waals surface area contributed by atoms with Crippen LogP contribution in [0.2, 0.25) is 0 Å². The van der Waals surface area contributed by atoms with Crippen LogP contribution in [0.1, 0.15) is 45.4 Å². The molecule has 2 unspecified atom stereocenters. The molecule has 1 heterocycles. The van der Waals surface area contributed by atoms with Crippen LogP contribution in [0.4, 0.5) is 0 Å². The molecular formula is C14H26N2O2. The first-order chi connectivity index (χ1) is 8.72. The molecule has 1 saturated carbocycles. The molecule has 4 heteroatoms. The molecule has 104 valence electrons. The van der Waals surface area contributed by atoms with Gasteiger partial charge < -0.3 is 15.3 Å². The number of piperidine rings is 1. The highest BCUT2D eigenvalue weighted by atomic mass is 16.3. The monoisotopic (exact) mass is 254 g/mol. The number of rotatable bonds is 4. The maximum atomic E-state index is 12.6. The number of carbonyl (C=O) groups excluding carboxylic acids is 1. The second kappa shape index (κ2) is 6.53. The van der Waals surface area contributed by atoms with Gasteiger partial charge in [-0.15, -0.1) is 0 Å². The van der Waals surface area contributed by atoms with E-state index < -0.39 is 0 Å². The number of aliphatic hydroxyl groups excluding tert-OH is 1. The molecule has 0 spiro atoms. The zero-order valence-electron chi connectivity index (χ0n) is 11.4. The van der Waals surface area contributed by atoms with Crippen molar-refractivity contribution in [3.05, 3.63) is 0 Å². The van der Waals surface area contributed by atoms with E-state index >= 15 is 0 Å². The van der Waals surface area contributed by atoms with Crippen molar-refractivity contribution in [1.82, 2.24) is 10.2 Å². The van der Waals surface area contributed by atoms with E-state index in [2.05, 4.69) is 12.2 Å². The Hall–Kier alpha value is -0.610. The molecule has 18 heavy (non-hydrogen) atoms. The Morgan fingerprint density at radius 3 is 2.67 bits per heavy atom. The molecule has 2 fully saturated rings. The molecule has 2 atom stereocenters. The van der Waals surface area contributed by atoms with Crippen LogP contribution in [0.3, 0.4) is 0 Å². The molecular weight excluding hydrogens is 228 g/mol. The average molecular weight is 254 g/mol. The predicted molar refractivity (Wildman–Crippen MR) is 71.2 cm³/mol. The van der Waals surface area contributed by atoms with E-state index in [1.807, 2.05) is 4.90 Å². The summed E-state index contributed by atoms with van der Waals surface area (Å²) >= 11 is 0. The van der Waals surface area contributed by atoms with Gasteiger partial charge in [-0.2, -0.15) is 0 Å². The number of hydrogen-bond acceptors (Lipinski definition) is 3. The summed E-state index contributed by atoms with van der Waals surface area (Å²) in [6.45, 7) is 3.69. The molecule has 2 rings (SSSR count). The van der Waals surface area contributed by atoms with Crippen LogP contribution in [0.5, 0.6) is 0 Å². The SMILES string of the molecule is CC1CC(C(=O)N(CCO)C2CCCC2)CCN1. The predicted octanol–water partition coefficient (Wildman–Crippen LogP) is 1.14. The molecule has 0 bridgehead atoms. The van der Waals surface area contributed by atoms with Crippen LogP contribution in [0, 0.1) is 5.92 Å². The van der Waals surface area contributed by atoms with Gasteiger partial charge in [0, 0.05) is 24.5 Å². The highest BCUT2D eigenvalue weighted by Gasteiger charge is 2.32. The molecule has 0 aromatic rings. The summed E-state index contributed by atoms with van der Waals surface area (Å²) in [5, 5.41) is 12.6. The molecule has 2 aliphatic rings. The molecule has 1 aliphatic carbocycles. The van der Waals surface area contributed by atoms with Crippen molar-refractivity contribution in [2.75, 3.05) is 19.7 Å². The highest BCUT2D eigenvalue weighted by molar-refractivity contribution is 5.79. The number of carbonyl (C=O) groups is 1. The second-order valence-electron chi connectivity index (χ2n) is 5.77. The lowest BCUT2D eigenvalue weighted by Gasteiger charge is -2.35. The van der Waals surface area contributed by atoms with Crippen LogP contribution < -0.4 is 5.32 Å². The zero-order valence-corrected chi connectivity index (χ0v) is 11.4. The van der Waals surface area contributed by atoms with Crippen LogP contribution in [-0.2, 0) is 4.79 Å². The lowest BCUT2D eigenvalue weighted by Crippen LogP contribution is -2.48. The van der Waals surface area contributed by atoms with E-state index in [0.29, 0.717) is 18.6 Å². The van der Waals surface area contributed by atoms with Crippen molar-refractivity contribution in [2.24, 2.45) is 5.92 Å². The Kier molecular flexibility index (Phi) is 5.01. The van der Waals surface area contributed by atoms with Crippen LogP contribution in [-0.4, -0.2) is 47.7 Å². The lowest BCUT2D eigenvalue weighted by molar-refractivity contribution is -0.139. The van der Waals surface area contributed by atoms with Gasteiger partial charge in [-0.3, -0.25) is 4.79 Å². The van der Waals surface area contributed by atoms with Gasteiger partial charge in [-0.1, -0.05) is 12.8 Å². The van der Waals surface area contributed by atoms with Crippen molar-refractivity contribution in [3.8, 4) is 0 Å². The summed E-state index contributed by atoms with van der Waals surface area (Å²) in [7, 11) is 0. The Morgan fingerprint density at radius 2 is 2.06 bits per heavy atom.